The van der Waals surface area contributed by atoms with Crippen LogP contribution in [-0.2, 0) is 0 Å². The predicted octanol–water partition coefficient (Wildman–Crippen LogP) is 2.80. The van der Waals surface area contributed by atoms with Gasteiger partial charge in [-0.3, -0.25) is 4.79 Å². The first kappa shape index (κ1) is 11.3. The lowest BCUT2D eigenvalue weighted by molar-refractivity contribution is 0.111. The first-order valence-corrected chi connectivity index (χ1v) is 5.62. The molecule has 0 saturated heterocycles. The van der Waals surface area contributed by atoms with Crippen molar-refractivity contribution < 1.29 is 4.79 Å². The molecule has 1 aromatic carbocycles. The van der Waals surface area contributed by atoms with E-state index in [2.05, 4.69) is 26.2 Å². The second kappa shape index (κ2) is 4.35. The van der Waals surface area contributed by atoms with Gasteiger partial charge in [-0.2, -0.15) is 0 Å². The van der Waals surface area contributed by atoms with E-state index in [0.29, 0.717) is 11.3 Å². The SMILES string of the molecule is Cc1cc(Br)c(-n2cc(C=O)nn2)cc1Cl. The monoisotopic (exact) mass is 299 g/mol. The molecular formula is C10H7BrClN3O. The van der Waals surface area contributed by atoms with Crippen LogP contribution in [0.15, 0.2) is 22.8 Å². The molecule has 1 heterocycles. The third kappa shape index (κ3) is 2.01. The third-order valence-corrected chi connectivity index (χ3v) is 3.15. The van der Waals surface area contributed by atoms with Crippen molar-refractivity contribution in [2.75, 3.05) is 0 Å². The zero-order chi connectivity index (χ0) is 11.7. The summed E-state index contributed by atoms with van der Waals surface area (Å²) in [4.78, 5) is 10.5. The van der Waals surface area contributed by atoms with E-state index in [-0.39, 0.29) is 5.69 Å². The molecule has 0 amide bonds. The number of halogens is 2. The molecule has 0 N–H and O–H groups in total. The molecule has 0 unspecified atom stereocenters. The van der Waals surface area contributed by atoms with Crippen LogP contribution in [0.2, 0.25) is 5.02 Å². The highest BCUT2D eigenvalue weighted by molar-refractivity contribution is 9.10. The molecule has 0 aliphatic rings. The molecule has 0 bridgehead atoms. The highest BCUT2D eigenvalue weighted by Crippen LogP contribution is 2.27. The Hall–Kier alpha value is -1.20. The lowest BCUT2D eigenvalue weighted by atomic mass is 10.2. The zero-order valence-corrected chi connectivity index (χ0v) is 10.7. The van der Waals surface area contributed by atoms with Crippen LogP contribution in [0.25, 0.3) is 5.69 Å². The first-order valence-electron chi connectivity index (χ1n) is 4.45. The first-order chi connectivity index (χ1) is 7.61. The summed E-state index contributed by atoms with van der Waals surface area (Å²) < 4.78 is 2.34. The van der Waals surface area contributed by atoms with Crippen LogP contribution in [0.3, 0.4) is 0 Å². The van der Waals surface area contributed by atoms with Crippen LogP contribution in [0, 0.1) is 6.92 Å². The molecule has 0 aliphatic carbocycles. The quantitative estimate of drug-likeness (QED) is 0.801. The summed E-state index contributed by atoms with van der Waals surface area (Å²) in [6.45, 7) is 1.91. The smallest absolute Gasteiger partial charge is 0.171 e. The molecule has 16 heavy (non-hydrogen) atoms. The van der Waals surface area contributed by atoms with Gasteiger partial charge in [0.25, 0.3) is 0 Å². The molecule has 0 aliphatic heterocycles. The maximum absolute atomic E-state index is 10.5. The molecule has 0 atom stereocenters. The number of aryl methyl sites for hydroxylation is 1. The van der Waals surface area contributed by atoms with Gasteiger partial charge < -0.3 is 0 Å². The number of carbonyl (C=O) groups is 1. The van der Waals surface area contributed by atoms with Crippen molar-refractivity contribution in [1.29, 1.82) is 0 Å². The van der Waals surface area contributed by atoms with Crippen molar-refractivity contribution in [3.8, 4) is 5.69 Å². The number of rotatable bonds is 2. The highest BCUT2D eigenvalue weighted by Gasteiger charge is 2.08. The van der Waals surface area contributed by atoms with Crippen LogP contribution in [0.5, 0.6) is 0 Å². The third-order valence-electron chi connectivity index (χ3n) is 2.11. The number of hydrogen-bond donors (Lipinski definition) is 0. The van der Waals surface area contributed by atoms with Crippen LogP contribution in [0.4, 0.5) is 0 Å². The molecule has 0 saturated carbocycles. The molecule has 1 aromatic heterocycles. The van der Waals surface area contributed by atoms with E-state index >= 15 is 0 Å². The van der Waals surface area contributed by atoms with Gasteiger partial charge in [-0.15, -0.1) is 5.10 Å². The summed E-state index contributed by atoms with van der Waals surface area (Å²) in [6, 6.07) is 3.66. The zero-order valence-electron chi connectivity index (χ0n) is 8.32. The molecule has 0 spiro atoms. The average Bonchev–Trinajstić information content (AvgIpc) is 2.71. The van der Waals surface area contributed by atoms with Crippen LogP contribution in [-0.4, -0.2) is 21.3 Å². The van der Waals surface area contributed by atoms with E-state index in [4.69, 9.17) is 11.6 Å². The summed E-state index contributed by atoms with van der Waals surface area (Å²) >= 11 is 9.44. The molecule has 2 rings (SSSR count). The van der Waals surface area contributed by atoms with Crippen molar-refractivity contribution in [2.45, 2.75) is 6.92 Å². The Morgan fingerprint density at radius 1 is 1.50 bits per heavy atom. The Labute approximate surface area is 105 Å². The van der Waals surface area contributed by atoms with Gasteiger partial charge in [0.15, 0.2) is 6.29 Å². The molecule has 2 aromatic rings. The van der Waals surface area contributed by atoms with E-state index in [1.807, 2.05) is 13.0 Å². The normalized spacial score (nSPS) is 10.4. The Balaban J connectivity index is 2.55. The van der Waals surface area contributed by atoms with Gasteiger partial charge in [0, 0.05) is 9.50 Å². The number of nitrogens with zero attached hydrogens (tertiary/aromatic N) is 3. The number of aromatic nitrogens is 3. The van der Waals surface area contributed by atoms with Crippen molar-refractivity contribution in [2.24, 2.45) is 0 Å². The summed E-state index contributed by atoms with van der Waals surface area (Å²) in [5.41, 5.74) is 1.99. The van der Waals surface area contributed by atoms with E-state index in [1.54, 1.807) is 12.3 Å². The van der Waals surface area contributed by atoms with Crippen LogP contribution >= 0.6 is 27.5 Å². The van der Waals surface area contributed by atoms with E-state index < -0.39 is 0 Å². The van der Waals surface area contributed by atoms with E-state index in [0.717, 1.165) is 15.7 Å². The standard InChI is InChI=1S/C10H7BrClN3O/c1-6-2-8(11)10(3-9(6)12)15-4-7(5-16)13-14-15/h2-5H,1H3. The Morgan fingerprint density at radius 3 is 2.88 bits per heavy atom. The number of aldehydes is 1. The summed E-state index contributed by atoms with van der Waals surface area (Å²) in [5, 5.41) is 8.16. The Morgan fingerprint density at radius 2 is 2.25 bits per heavy atom. The lowest BCUT2D eigenvalue weighted by Gasteiger charge is -2.06. The van der Waals surface area contributed by atoms with Gasteiger partial charge in [0.1, 0.15) is 5.69 Å². The minimum atomic E-state index is 0.281. The fourth-order valence-electron chi connectivity index (χ4n) is 1.26. The van der Waals surface area contributed by atoms with E-state index in [1.165, 1.54) is 4.68 Å². The van der Waals surface area contributed by atoms with Gasteiger partial charge in [0.2, 0.25) is 0 Å². The minimum absolute atomic E-state index is 0.281. The molecule has 82 valence electrons. The summed E-state index contributed by atoms with van der Waals surface area (Å²) in [7, 11) is 0. The molecular weight excluding hydrogens is 293 g/mol. The maximum atomic E-state index is 10.5. The Bertz CT molecular complexity index is 553. The van der Waals surface area contributed by atoms with Crippen molar-refractivity contribution >= 4 is 33.8 Å². The lowest BCUT2D eigenvalue weighted by Crippen LogP contribution is -1.97. The van der Waals surface area contributed by atoms with Gasteiger partial charge in [-0.25, -0.2) is 4.68 Å². The van der Waals surface area contributed by atoms with E-state index in [9.17, 15) is 4.79 Å². The van der Waals surface area contributed by atoms with Gasteiger partial charge in [-0.05, 0) is 40.5 Å². The topological polar surface area (TPSA) is 47.8 Å². The van der Waals surface area contributed by atoms with Crippen molar-refractivity contribution in [3.63, 3.8) is 0 Å². The largest absolute Gasteiger partial charge is 0.296 e. The Kier molecular flexibility index (Phi) is 3.07. The molecule has 0 fully saturated rings. The van der Waals surface area contributed by atoms with Gasteiger partial charge in [-0.1, -0.05) is 16.8 Å². The predicted molar refractivity (Wildman–Crippen MR) is 64.2 cm³/mol. The van der Waals surface area contributed by atoms with Crippen molar-refractivity contribution in [3.05, 3.63) is 39.1 Å². The minimum Gasteiger partial charge on any atom is -0.296 e. The highest BCUT2D eigenvalue weighted by atomic mass is 79.9. The fourth-order valence-corrected chi connectivity index (χ4v) is 2.06. The average molecular weight is 301 g/mol. The van der Waals surface area contributed by atoms with Gasteiger partial charge >= 0.3 is 0 Å². The molecule has 6 heteroatoms. The molecule has 4 nitrogen and oxygen atoms in total. The van der Waals surface area contributed by atoms with Crippen LogP contribution in [0.1, 0.15) is 16.1 Å². The second-order valence-corrected chi connectivity index (χ2v) is 4.52. The number of benzene rings is 1. The summed E-state index contributed by atoms with van der Waals surface area (Å²) in [5.74, 6) is 0. The number of hydrogen-bond acceptors (Lipinski definition) is 3. The molecule has 0 radical (unpaired) electrons. The fraction of sp³-hybridized carbons (Fsp3) is 0.100. The van der Waals surface area contributed by atoms with Crippen LogP contribution < -0.4 is 0 Å². The van der Waals surface area contributed by atoms with Gasteiger partial charge in [0.05, 0.1) is 11.9 Å². The number of carbonyl (C=O) groups excluding carboxylic acids is 1. The second-order valence-electron chi connectivity index (χ2n) is 3.26. The summed E-state index contributed by atoms with van der Waals surface area (Å²) in [6.07, 6.45) is 2.19. The van der Waals surface area contributed by atoms with Crippen molar-refractivity contribution in [1.82, 2.24) is 15.0 Å². The maximum Gasteiger partial charge on any atom is 0.171 e.